The Kier molecular flexibility index (Phi) is 4.14. The number of aryl methyl sites for hydroxylation is 1. The predicted molar refractivity (Wildman–Crippen MR) is 78.2 cm³/mol. The number of hydrogen-bond donors (Lipinski definition) is 3. The second-order valence-electron chi connectivity index (χ2n) is 4.64. The van der Waals surface area contributed by atoms with Gasteiger partial charge < -0.3 is 15.6 Å². The molecule has 0 fully saturated rings. The highest BCUT2D eigenvalue weighted by Gasteiger charge is 2.15. The van der Waals surface area contributed by atoms with E-state index in [1.54, 1.807) is 19.9 Å². The molecule has 0 aliphatic rings. The third-order valence-corrected chi connectivity index (χ3v) is 3.96. The number of benzene rings is 1. The van der Waals surface area contributed by atoms with Crippen molar-refractivity contribution >= 4 is 21.4 Å². The van der Waals surface area contributed by atoms with Gasteiger partial charge in [0.1, 0.15) is 0 Å². The van der Waals surface area contributed by atoms with E-state index < -0.39 is 10.0 Å². The molecule has 1 aromatic carbocycles. The Hall–Kier alpha value is -2.13. The molecule has 1 heterocycles. The van der Waals surface area contributed by atoms with Crippen LogP contribution in [0, 0.1) is 13.8 Å². The lowest BCUT2D eigenvalue weighted by molar-refractivity contribution is 0.387. The summed E-state index contributed by atoms with van der Waals surface area (Å²) in [6.07, 6.45) is 0.538. The van der Waals surface area contributed by atoms with Crippen molar-refractivity contribution in [3.8, 4) is 0 Å². The van der Waals surface area contributed by atoms with Gasteiger partial charge in [0.2, 0.25) is 15.9 Å². The summed E-state index contributed by atoms with van der Waals surface area (Å²) < 4.78 is 27.9. The average molecular weight is 311 g/mol. The molecule has 9 heteroatoms. The van der Waals surface area contributed by atoms with Crippen LogP contribution in [0.1, 0.15) is 17.3 Å². The smallest absolute Gasteiger partial charge is 0.238 e. The molecule has 1 aromatic heterocycles. The Bertz CT molecular complexity index is 754. The van der Waals surface area contributed by atoms with Crippen molar-refractivity contribution in [2.45, 2.75) is 25.2 Å². The third-order valence-electron chi connectivity index (χ3n) is 2.92. The number of aromatic nitrogens is 2. The van der Waals surface area contributed by atoms with Gasteiger partial charge in [0.05, 0.1) is 4.90 Å². The number of hydrogen-bond acceptors (Lipinski definition) is 7. The van der Waals surface area contributed by atoms with Crippen LogP contribution >= 0.6 is 0 Å². The van der Waals surface area contributed by atoms with Gasteiger partial charge in [0.25, 0.3) is 0 Å². The van der Waals surface area contributed by atoms with Crippen molar-refractivity contribution in [2.75, 3.05) is 17.6 Å². The van der Waals surface area contributed by atoms with E-state index in [0.717, 1.165) is 0 Å². The maximum Gasteiger partial charge on any atom is 0.238 e. The molecule has 0 unspecified atom stereocenters. The summed E-state index contributed by atoms with van der Waals surface area (Å²) in [5.41, 5.74) is 7.17. The highest BCUT2D eigenvalue weighted by molar-refractivity contribution is 7.89. The van der Waals surface area contributed by atoms with Gasteiger partial charge in [-0.1, -0.05) is 5.16 Å². The summed E-state index contributed by atoms with van der Waals surface area (Å²) in [6.45, 7) is 3.89. The van der Waals surface area contributed by atoms with Crippen LogP contribution in [-0.2, 0) is 16.4 Å². The molecule has 0 bridgehead atoms. The lowest BCUT2D eigenvalue weighted by atomic mass is 10.1. The quantitative estimate of drug-likeness (QED) is 0.686. The van der Waals surface area contributed by atoms with Gasteiger partial charge in [-0.15, -0.1) is 0 Å². The van der Waals surface area contributed by atoms with Crippen LogP contribution in [0.5, 0.6) is 0 Å². The highest BCUT2D eigenvalue weighted by atomic mass is 32.2. The zero-order valence-electron chi connectivity index (χ0n) is 11.8. The third kappa shape index (κ3) is 3.70. The topological polar surface area (TPSA) is 137 Å². The van der Waals surface area contributed by atoms with E-state index in [-0.39, 0.29) is 4.90 Å². The summed E-state index contributed by atoms with van der Waals surface area (Å²) in [5.74, 6) is 1.08. The van der Waals surface area contributed by atoms with Gasteiger partial charge in [-0.05, 0) is 24.6 Å². The van der Waals surface area contributed by atoms with Crippen molar-refractivity contribution in [3.05, 3.63) is 29.4 Å². The van der Waals surface area contributed by atoms with E-state index in [2.05, 4.69) is 15.5 Å². The van der Waals surface area contributed by atoms with E-state index in [0.29, 0.717) is 41.6 Å². The van der Waals surface area contributed by atoms with Gasteiger partial charge in [0, 0.05) is 31.3 Å². The van der Waals surface area contributed by atoms with Crippen LogP contribution in [0.4, 0.5) is 11.4 Å². The molecule has 0 saturated carbocycles. The molecule has 0 spiro atoms. The van der Waals surface area contributed by atoms with Gasteiger partial charge in [0.15, 0.2) is 5.82 Å². The van der Waals surface area contributed by atoms with Crippen LogP contribution in [-0.4, -0.2) is 25.1 Å². The normalized spacial score (nSPS) is 11.6. The first-order valence-corrected chi connectivity index (χ1v) is 7.78. The molecule has 0 atom stereocenters. The van der Waals surface area contributed by atoms with Crippen LogP contribution in [0.15, 0.2) is 21.6 Å². The molecule has 0 aliphatic heterocycles. The number of rotatable bonds is 5. The monoisotopic (exact) mass is 311 g/mol. The van der Waals surface area contributed by atoms with E-state index >= 15 is 0 Å². The van der Waals surface area contributed by atoms with Crippen LogP contribution in [0.2, 0.25) is 0 Å². The maximum absolute atomic E-state index is 11.5. The molecule has 0 aliphatic carbocycles. The minimum atomic E-state index is -3.81. The first kappa shape index (κ1) is 15.3. The van der Waals surface area contributed by atoms with Crippen LogP contribution < -0.4 is 16.2 Å². The van der Waals surface area contributed by atoms with Crippen molar-refractivity contribution < 1.29 is 12.9 Å². The number of sulfonamides is 1. The zero-order valence-corrected chi connectivity index (χ0v) is 12.6. The van der Waals surface area contributed by atoms with E-state index in [4.69, 9.17) is 15.4 Å². The molecule has 0 radical (unpaired) electrons. The highest BCUT2D eigenvalue weighted by Crippen LogP contribution is 2.25. The lowest BCUT2D eigenvalue weighted by Gasteiger charge is -2.13. The summed E-state index contributed by atoms with van der Waals surface area (Å²) in [5, 5.41) is 12.1. The molecule has 8 nitrogen and oxygen atoms in total. The summed E-state index contributed by atoms with van der Waals surface area (Å²) in [7, 11) is -3.81. The average Bonchev–Trinajstić information content (AvgIpc) is 2.77. The van der Waals surface area contributed by atoms with Crippen molar-refractivity contribution in [1.29, 1.82) is 0 Å². The Morgan fingerprint density at radius 1 is 1.33 bits per heavy atom. The Balaban J connectivity index is 2.15. The van der Waals surface area contributed by atoms with Crippen molar-refractivity contribution in [2.24, 2.45) is 5.14 Å². The number of nitrogens with one attached hydrogen (secondary N) is 1. The minimum Gasteiger partial charge on any atom is -0.399 e. The van der Waals surface area contributed by atoms with E-state index in [1.807, 2.05) is 0 Å². The first-order chi connectivity index (χ1) is 9.77. The lowest BCUT2D eigenvalue weighted by Crippen LogP contribution is -2.16. The fourth-order valence-electron chi connectivity index (χ4n) is 1.94. The number of primary sulfonamides is 1. The van der Waals surface area contributed by atoms with Crippen molar-refractivity contribution in [3.63, 3.8) is 0 Å². The van der Waals surface area contributed by atoms with Gasteiger partial charge in [-0.2, -0.15) is 4.98 Å². The standard InChI is InChI=1S/C12H17N5O3S/c1-7-10(5-9(13)6-11(7)21(14,18)19)15-4-3-12-16-8(2)20-17-12/h5-6,15H,3-4,13H2,1-2H3,(H2,14,18,19). The molecule has 2 aromatic rings. The summed E-state index contributed by atoms with van der Waals surface area (Å²) in [6, 6.07) is 3.00. The van der Waals surface area contributed by atoms with E-state index in [9.17, 15) is 8.42 Å². The van der Waals surface area contributed by atoms with Crippen molar-refractivity contribution in [1.82, 2.24) is 10.1 Å². The molecule has 114 valence electrons. The van der Waals surface area contributed by atoms with Gasteiger partial charge in [-0.25, -0.2) is 13.6 Å². The maximum atomic E-state index is 11.5. The number of nitrogens with zero attached hydrogens (tertiary/aromatic N) is 2. The number of anilines is 2. The second-order valence-corrected chi connectivity index (χ2v) is 6.17. The number of nitrogen functional groups attached to an aromatic ring is 1. The zero-order chi connectivity index (χ0) is 15.6. The van der Waals surface area contributed by atoms with Gasteiger partial charge >= 0.3 is 0 Å². The minimum absolute atomic E-state index is 0.0143. The molecule has 0 amide bonds. The Morgan fingerprint density at radius 3 is 2.62 bits per heavy atom. The first-order valence-electron chi connectivity index (χ1n) is 6.23. The van der Waals surface area contributed by atoms with Gasteiger partial charge in [-0.3, -0.25) is 0 Å². The number of nitrogens with two attached hydrogens (primary N) is 2. The molecule has 21 heavy (non-hydrogen) atoms. The Labute approximate surface area is 122 Å². The fraction of sp³-hybridized carbons (Fsp3) is 0.333. The van der Waals surface area contributed by atoms with E-state index in [1.165, 1.54) is 6.07 Å². The predicted octanol–water partition coefficient (Wildman–Crippen LogP) is 0.571. The SMILES string of the molecule is Cc1nc(CCNc2cc(N)cc(S(N)(=O)=O)c2C)no1. The molecule has 2 rings (SSSR count). The summed E-state index contributed by atoms with van der Waals surface area (Å²) >= 11 is 0. The summed E-state index contributed by atoms with van der Waals surface area (Å²) in [4.78, 5) is 4.09. The molecule has 5 N–H and O–H groups in total. The second kappa shape index (κ2) is 5.70. The fourth-order valence-corrected chi connectivity index (χ4v) is 2.78. The molecular weight excluding hydrogens is 294 g/mol. The largest absolute Gasteiger partial charge is 0.399 e. The Morgan fingerprint density at radius 2 is 2.05 bits per heavy atom. The van der Waals surface area contributed by atoms with Crippen LogP contribution in [0.3, 0.4) is 0 Å². The van der Waals surface area contributed by atoms with Crippen LogP contribution in [0.25, 0.3) is 0 Å². The molecular formula is C12H17N5O3S. The molecule has 0 saturated heterocycles.